The maximum atomic E-state index is 8.77. The lowest BCUT2D eigenvalue weighted by atomic mass is 10.1. The fourth-order valence-electron chi connectivity index (χ4n) is 0.622. The molecule has 0 radical (unpaired) electrons. The maximum absolute atomic E-state index is 8.77. The normalized spacial score (nSPS) is 14.8. The molecule has 0 rings (SSSR count). The third kappa shape index (κ3) is 14.1. The van der Waals surface area contributed by atoms with Crippen molar-refractivity contribution in [2.75, 3.05) is 33.0 Å². The predicted octanol–water partition coefficient (Wildman–Crippen LogP) is -4.09. The third-order valence-electron chi connectivity index (χ3n) is 2.11. The molecule has 0 amide bonds. The molecule has 0 aromatic carbocycles. The summed E-state index contributed by atoms with van der Waals surface area (Å²) in [5.41, 5.74) is 3.94. The lowest BCUT2D eigenvalue weighted by molar-refractivity contribution is -0.0900. The zero-order chi connectivity index (χ0) is 17.5. The van der Waals surface area contributed by atoms with Crippen LogP contribution in [-0.2, 0) is 0 Å². The van der Waals surface area contributed by atoms with Gasteiger partial charge in [-0.1, -0.05) is 6.08 Å². The highest BCUT2D eigenvalue weighted by atomic mass is 16.4. The maximum Gasteiger partial charge on any atom is 0.110 e. The van der Waals surface area contributed by atoms with Crippen LogP contribution in [0.1, 0.15) is 6.92 Å². The number of aliphatic hydroxyl groups excluding tert-OH is 8. The topological polar surface area (TPSA) is 188 Å². The molecule has 0 aliphatic heterocycles. The number of nitrogens with two attached hydrogens (primary N) is 1. The lowest BCUT2D eigenvalue weighted by Crippen LogP contribution is -2.50. The van der Waals surface area contributed by atoms with E-state index in [1.165, 1.54) is 0 Å². The van der Waals surface area contributed by atoms with Gasteiger partial charge in [-0.05, 0) is 6.92 Å². The fourth-order valence-corrected chi connectivity index (χ4v) is 0.622. The first kappa shape index (κ1) is 25.3. The summed E-state index contributed by atoms with van der Waals surface area (Å²) in [7, 11) is 0. The Bertz CT molecular complexity index is 207. The van der Waals surface area contributed by atoms with E-state index >= 15 is 0 Å². The molecule has 3 atom stereocenters. The average Bonchev–Trinajstić information content (AvgIpc) is 2.53. The summed E-state index contributed by atoms with van der Waals surface area (Å²) >= 11 is 0. The Balaban J connectivity index is -0.000000264. The molecule has 130 valence electrons. The molecule has 9 nitrogen and oxygen atoms in total. The first-order valence-corrected chi connectivity index (χ1v) is 6.17. The second-order valence-corrected chi connectivity index (χ2v) is 4.24. The summed E-state index contributed by atoms with van der Waals surface area (Å²) in [6.45, 7) is 2.76. The molecule has 0 fully saturated rings. The van der Waals surface area contributed by atoms with Crippen LogP contribution in [0, 0.1) is 0 Å². The summed E-state index contributed by atoms with van der Waals surface area (Å²) in [5, 5.41) is 67.6. The molecule has 0 aromatic heterocycles. The summed E-state index contributed by atoms with van der Waals surface area (Å²) < 4.78 is 0. The minimum atomic E-state index is -1.49. The first-order valence-electron chi connectivity index (χ1n) is 6.17. The summed E-state index contributed by atoms with van der Waals surface area (Å²) in [4.78, 5) is 0. The van der Waals surface area contributed by atoms with Crippen molar-refractivity contribution in [3.63, 3.8) is 0 Å². The second kappa shape index (κ2) is 15.8. The van der Waals surface area contributed by atoms with Crippen LogP contribution in [0.25, 0.3) is 0 Å². The highest BCUT2D eigenvalue weighted by Gasteiger charge is 2.22. The van der Waals surface area contributed by atoms with Crippen molar-refractivity contribution in [1.29, 1.82) is 0 Å². The van der Waals surface area contributed by atoms with E-state index in [-0.39, 0.29) is 0 Å². The quantitative estimate of drug-likeness (QED) is 0.210. The third-order valence-corrected chi connectivity index (χ3v) is 2.11. The van der Waals surface area contributed by atoms with Gasteiger partial charge in [0, 0.05) is 0 Å². The first-order chi connectivity index (χ1) is 9.73. The highest BCUT2D eigenvalue weighted by Crippen LogP contribution is 1.98. The van der Waals surface area contributed by atoms with Crippen LogP contribution in [0.3, 0.4) is 0 Å². The molecule has 0 aliphatic carbocycles. The van der Waals surface area contributed by atoms with Gasteiger partial charge in [0.1, 0.15) is 18.3 Å². The van der Waals surface area contributed by atoms with Gasteiger partial charge in [-0.2, -0.15) is 0 Å². The second-order valence-electron chi connectivity index (χ2n) is 4.24. The Kier molecular flexibility index (Phi) is 19.0. The molecule has 0 aliphatic rings. The summed E-state index contributed by atoms with van der Waals surface area (Å²) in [5.74, 6) is 0. The Hall–Kier alpha value is -0.620. The standard InChI is InChI=1S/C5H12O5.C4H11NO3.C3H6/c6-1-3(8)5(10)4(9)2-7;5-4(1-6,2-7)3-8;1-3-2/h3-10H,1-2H2;6-8H,1-3,5H2;3H,1H2,2H3/t3-,4+,5+;;. The van der Waals surface area contributed by atoms with Gasteiger partial charge in [-0.25, -0.2) is 0 Å². The smallest absolute Gasteiger partial charge is 0.110 e. The van der Waals surface area contributed by atoms with E-state index < -0.39 is 56.9 Å². The van der Waals surface area contributed by atoms with Crippen LogP contribution in [0.5, 0.6) is 0 Å². The molecule has 0 bridgehead atoms. The van der Waals surface area contributed by atoms with Crippen LogP contribution >= 0.6 is 0 Å². The van der Waals surface area contributed by atoms with Crippen molar-refractivity contribution in [3.8, 4) is 0 Å². The minimum Gasteiger partial charge on any atom is -0.394 e. The highest BCUT2D eigenvalue weighted by molar-refractivity contribution is 4.80. The molecule has 9 heteroatoms. The Labute approximate surface area is 124 Å². The number of allylic oxidation sites excluding steroid dienone is 1. The van der Waals surface area contributed by atoms with Gasteiger partial charge in [0.05, 0.1) is 38.6 Å². The van der Waals surface area contributed by atoms with Gasteiger partial charge in [0.25, 0.3) is 0 Å². The van der Waals surface area contributed by atoms with E-state index in [9.17, 15) is 0 Å². The van der Waals surface area contributed by atoms with Crippen molar-refractivity contribution < 1.29 is 40.9 Å². The molecule has 0 saturated carbocycles. The van der Waals surface area contributed by atoms with Crippen LogP contribution < -0.4 is 5.73 Å². The predicted molar refractivity (Wildman–Crippen MR) is 76.2 cm³/mol. The van der Waals surface area contributed by atoms with E-state index in [0.29, 0.717) is 0 Å². The van der Waals surface area contributed by atoms with Gasteiger partial charge in [-0.15, -0.1) is 6.58 Å². The lowest BCUT2D eigenvalue weighted by Gasteiger charge is -2.20. The summed E-state index contributed by atoms with van der Waals surface area (Å²) in [6, 6.07) is 0. The van der Waals surface area contributed by atoms with E-state index in [0.717, 1.165) is 0 Å². The van der Waals surface area contributed by atoms with Crippen molar-refractivity contribution in [3.05, 3.63) is 12.7 Å². The van der Waals surface area contributed by atoms with Gasteiger partial charge >= 0.3 is 0 Å². The zero-order valence-electron chi connectivity index (χ0n) is 12.2. The number of aliphatic hydroxyl groups is 8. The molecule has 0 spiro atoms. The average molecular weight is 315 g/mol. The molecule has 0 heterocycles. The molecular weight excluding hydrogens is 286 g/mol. The number of hydrogen-bond acceptors (Lipinski definition) is 9. The molecular formula is C12H29NO8. The molecule has 21 heavy (non-hydrogen) atoms. The van der Waals surface area contributed by atoms with Gasteiger partial charge in [-0.3, -0.25) is 0 Å². The van der Waals surface area contributed by atoms with Crippen molar-refractivity contribution in [2.24, 2.45) is 5.73 Å². The molecule has 10 N–H and O–H groups in total. The summed E-state index contributed by atoms with van der Waals surface area (Å²) in [6.07, 6.45) is -2.54. The number of rotatable bonds is 7. The Morgan fingerprint density at radius 3 is 1.24 bits per heavy atom. The largest absolute Gasteiger partial charge is 0.394 e. The van der Waals surface area contributed by atoms with Gasteiger partial charge < -0.3 is 46.6 Å². The van der Waals surface area contributed by atoms with E-state index in [1.54, 1.807) is 6.08 Å². The van der Waals surface area contributed by atoms with Crippen molar-refractivity contribution >= 4 is 0 Å². The fraction of sp³-hybridized carbons (Fsp3) is 0.833. The van der Waals surface area contributed by atoms with Crippen molar-refractivity contribution in [1.82, 2.24) is 0 Å². The molecule has 0 saturated heterocycles. The monoisotopic (exact) mass is 315 g/mol. The number of hydrogen-bond donors (Lipinski definition) is 9. The van der Waals surface area contributed by atoms with Crippen LogP contribution in [0.2, 0.25) is 0 Å². The van der Waals surface area contributed by atoms with Crippen molar-refractivity contribution in [2.45, 2.75) is 30.8 Å². The Morgan fingerprint density at radius 2 is 1.14 bits per heavy atom. The van der Waals surface area contributed by atoms with E-state index in [1.807, 2.05) is 6.92 Å². The zero-order valence-corrected chi connectivity index (χ0v) is 12.2. The minimum absolute atomic E-state index is 0.403. The molecule has 0 unspecified atom stereocenters. The van der Waals surface area contributed by atoms with Crippen LogP contribution in [-0.4, -0.2) is 97.7 Å². The van der Waals surface area contributed by atoms with Crippen LogP contribution in [0.15, 0.2) is 12.7 Å². The van der Waals surface area contributed by atoms with E-state index in [2.05, 4.69) is 6.58 Å². The SMILES string of the molecule is C=CC.NC(CO)(CO)CO.OC[C@@H](O)[C@H](O)[C@@H](O)CO. The Morgan fingerprint density at radius 1 is 0.905 bits per heavy atom. The van der Waals surface area contributed by atoms with Gasteiger partial charge in [0.2, 0.25) is 0 Å². The van der Waals surface area contributed by atoms with Gasteiger partial charge in [0.15, 0.2) is 0 Å². The van der Waals surface area contributed by atoms with E-state index in [4.69, 9.17) is 46.6 Å². The molecule has 0 aromatic rings. The van der Waals surface area contributed by atoms with Crippen LogP contribution in [0.4, 0.5) is 0 Å².